The first-order chi connectivity index (χ1) is 17.5. The molecule has 0 unspecified atom stereocenters. The van der Waals surface area contributed by atoms with Gasteiger partial charge in [0.25, 0.3) is 5.91 Å². The molecule has 5 rings (SSSR count). The molecule has 1 saturated heterocycles. The minimum Gasteiger partial charge on any atom is -0.343 e. The summed E-state index contributed by atoms with van der Waals surface area (Å²) in [5.41, 5.74) is 4.57. The van der Waals surface area contributed by atoms with E-state index in [1.165, 1.54) is 5.56 Å². The molecule has 0 aliphatic carbocycles. The van der Waals surface area contributed by atoms with Gasteiger partial charge in [0.05, 0.1) is 16.1 Å². The van der Waals surface area contributed by atoms with Crippen LogP contribution >= 0.6 is 22.9 Å². The number of aromatic nitrogens is 1. The van der Waals surface area contributed by atoms with Crippen molar-refractivity contribution in [3.63, 3.8) is 0 Å². The van der Waals surface area contributed by atoms with Crippen LogP contribution in [0.3, 0.4) is 0 Å². The lowest BCUT2D eigenvalue weighted by Gasteiger charge is -2.25. The summed E-state index contributed by atoms with van der Waals surface area (Å²) in [7, 11) is 0. The number of nitrogens with zero attached hydrogens (tertiary/aromatic N) is 3. The highest BCUT2D eigenvalue weighted by atomic mass is 35.5. The first-order valence-corrected chi connectivity index (χ1v) is 13.5. The molecule has 0 radical (unpaired) electrons. The van der Waals surface area contributed by atoms with Crippen LogP contribution in [0.4, 0.5) is 0 Å². The first-order valence-electron chi connectivity index (χ1n) is 12.2. The van der Waals surface area contributed by atoms with Crippen LogP contribution in [-0.4, -0.2) is 46.2 Å². The van der Waals surface area contributed by atoms with E-state index in [0.29, 0.717) is 43.1 Å². The molecule has 0 saturated carbocycles. The predicted molar refractivity (Wildman–Crippen MR) is 146 cm³/mol. The Kier molecular flexibility index (Phi) is 7.35. The number of hydrogen-bond acceptors (Lipinski definition) is 4. The zero-order valence-electron chi connectivity index (χ0n) is 20.2. The van der Waals surface area contributed by atoms with Gasteiger partial charge < -0.3 is 9.80 Å². The molecule has 0 bridgehead atoms. The molecule has 0 N–H and O–H groups in total. The standard InChI is InChI=1S/C29H28ClN3O2S/c1-20-10-11-25-22(16-20)17-23(28(31-25)26-8-4-15-36-26)19-33(14-5-13-32-12-3-9-27(32)34)29(35)21-6-2-7-24(30)18-21/h2,4,6-8,10-11,15-18H,3,5,9,12-14,19H2,1H3. The highest BCUT2D eigenvalue weighted by molar-refractivity contribution is 7.13. The second-order valence-corrected chi connectivity index (χ2v) is 10.6. The molecule has 5 nitrogen and oxygen atoms in total. The van der Waals surface area contributed by atoms with Crippen molar-refractivity contribution >= 4 is 45.7 Å². The van der Waals surface area contributed by atoms with Crippen molar-refractivity contribution in [1.29, 1.82) is 0 Å². The third-order valence-corrected chi connectivity index (χ3v) is 7.66. The van der Waals surface area contributed by atoms with Gasteiger partial charge in [0.15, 0.2) is 0 Å². The SMILES string of the molecule is Cc1ccc2nc(-c3cccs3)c(CN(CCCN3CCCC3=O)C(=O)c3cccc(Cl)c3)cc2c1. The fourth-order valence-corrected chi connectivity index (χ4v) is 5.68. The zero-order valence-corrected chi connectivity index (χ0v) is 21.8. The number of carbonyl (C=O) groups excluding carboxylic acids is 2. The van der Waals surface area contributed by atoms with Crippen molar-refractivity contribution in [3.8, 4) is 10.6 Å². The fourth-order valence-electron chi connectivity index (χ4n) is 4.74. The summed E-state index contributed by atoms with van der Waals surface area (Å²) in [5.74, 6) is 0.128. The van der Waals surface area contributed by atoms with Crippen molar-refractivity contribution in [3.05, 3.63) is 87.8 Å². The Morgan fingerprint density at radius 3 is 2.78 bits per heavy atom. The highest BCUT2D eigenvalue weighted by Gasteiger charge is 2.23. The van der Waals surface area contributed by atoms with Crippen LogP contribution in [0.5, 0.6) is 0 Å². The average molecular weight is 518 g/mol. The predicted octanol–water partition coefficient (Wildman–Crippen LogP) is 6.58. The Bertz CT molecular complexity index is 1400. The quantitative estimate of drug-likeness (QED) is 0.265. The number of pyridine rings is 1. The van der Waals surface area contributed by atoms with Crippen LogP contribution in [0.2, 0.25) is 5.02 Å². The second kappa shape index (κ2) is 10.8. The van der Waals surface area contributed by atoms with Crippen molar-refractivity contribution in [1.82, 2.24) is 14.8 Å². The van der Waals surface area contributed by atoms with Crippen molar-refractivity contribution in [2.45, 2.75) is 32.7 Å². The summed E-state index contributed by atoms with van der Waals surface area (Å²) in [6, 6.07) is 19.6. The molecular formula is C29H28ClN3O2S. The lowest BCUT2D eigenvalue weighted by atomic mass is 10.0. The third-order valence-electron chi connectivity index (χ3n) is 6.55. The van der Waals surface area contributed by atoms with E-state index in [0.717, 1.165) is 40.0 Å². The molecule has 1 fully saturated rings. The monoisotopic (exact) mass is 517 g/mol. The molecule has 2 amide bonds. The van der Waals surface area contributed by atoms with Crippen LogP contribution in [0.15, 0.2) is 66.0 Å². The fraction of sp³-hybridized carbons (Fsp3) is 0.276. The first kappa shape index (κ1) is 24.5. The molecule has 0 spiro atoms. The maximum absolute atomic E-state index is 13.7. The summed E-state index contributed by atoms with van der Waals surface area (Å²) in [6.07, 6.45) is 2.25. The number of rotatable bonds is 8. The molecule has 1 aliphatic rings. The molecule has 36 heavy (non-hydrogen) atoms. The van der Waals surface area contributed by atoms with E-state index < -0.39 is 0 Å². The van der Waals surface area contributed by atoms with Crippen molar-refractivity contribution in [2.24, 2.45) is 0 Å². The third kappa shape index (κ3) is 5.45. The Hall–Kier alpha value is -3.22. The molecule has 0 atom stereocenters. The van der Waals surface area contributed by atoms with E-state index in [1.54, 1.807) is 35.6 Å². The maximum atomic E-state index is 13.7. The van der Waals surface area contributed by atoms with Gasteiger partial charge in [-0.05, 0) is 73.2 Å². The molecule has 2 aromatic heterocycles. The van der Waals surface area contributed by atoms with Crippen LogP contribution in [0.25, 0.3) is 21.5 Å². The van der Waals surface area contributed by atoms with Crippen molar-refractivity contribution < 1.29 is 9.59 Å². The largest absolute Gasteiger partial charge is 0.343 e. The summed E-state index contributed by atoms with van der Waals surface area (Å²) < 4.78 is 0. The summed E-state index contributed by atoms with van der Waals surface area (Å²) in [5, 5.41) is 3.64. The molecular weight excluding hydrogens is 490 g/mol. The molecule has 7 heteroatoms. The molecule has 4 aromatic rings. The second-order valence-electron chi connectivity index (χ2n) is 9.24. The van der Waals surface area contributed by atoms with E-state index >= 15 is 0 Å². The number of amides is 2. The number of benzene rings is 2. The summed E-state index contributed by atoms with van der Waals surface area (Å²) in [4.78, 5) is 35.6. The Morgan fingerprint density at radius 1 is 1.14 bits per heavy atom. The van der Waals surface area contributed by atoms with E-state index in [1.807, 2.05) is 27.3 Å². The summed E-state index contributed by atoms with van der Waals surface area (Å²) >= 11 is 7.85. The van der Waals surface area contributed by atoms with Crippen molar-refractivity contribution in [2.75, 3.05) is 19.6 Å². The number of likely N-dealkylation sites (tertiary alicyclic amines) is 1. The lowest BCUT2D eigenvalue weighted by molar-refractivity contribution is -0.127. The number of hydrogen-bond donors (Lipinski definition) is 0. The van der Waals surface area contributed by atoms with Gasteiger partial charge in [-0.25, -0.2) is 4.98 Å². The van der Waals surface area contributed by atoms with Crippen LogP contribution < -0.4 is 0 Å². The molecule has 2 aromatic carbocycles. The number of aryl methyl sites for hydroxylation is 1. The van der Waals surface area contributed by atoms with Gasteiger partial charge in [-0.1, -0.05) is 35.4 Å². The summed E-state index contributed by atoms with van der Waals surface area (Å²) in [6.45, 7) is 4.48. The van der Waals surface area contributed by atoms with E-state index in [2.05, 4.69) is 31.2 Å². The molecule has 1 aliphatic heterocycles. The van der Waals surface area contributed by atoms with Gasteiger partial charge in [-0.15, -0.1) is 11.3 Å². The maximum Gasteiger partial charge on any atom is 0.254 e. The zero-order chi connectivity index (χ0) is 25.1. The van der Waals surface area contributed by atoms with Gasteiger partial charge >= 0.3 is 0 Å². The highest BCUT2D eigenvalue weighted by Crippen LogP contribution is 2.31. The van der Waals surface area contributed by atoms with Gasteiger partial charge in [0, 0.05) is 48.6 Å². The van der Waals surface area contributed by atoms with E-state index in [-0.39, 0.29) is 11.8 Å². The van der Waals surface area contributed by atoms with E-state index in [4.69, 9.17) is 16.6 Å². The molecule has 184 valence electrons. The van der Waals surface area contributed by atoms with Gasteiger partial charge in [0.2, 0.25) is 5.91 Å². The topological polar surface area (TPSA) is 53.5 Å². The molecule has 3 heterocycles. The number of halogens is 1. The van der Waals surface area contributed by atoms with Gasteiger partial charge in [0.1, 0.15) is 0 Å². The minimum absolute atomic E-state index is 0.0771. The lowest BCUT2D eigenvalue weighted by Crippen LogP contribution is -2.34. The van der Waals surface area contributed by atoms with Crippen LogP contribution in [-0.2, 0) is 11.3 Å². The van der Waals surface area contributed by atoms with E-state index in [9.17, 15) is 9.59 Å². The number of thiophene rings is 1. The van der Waals surface area contributed by atoms with Gasteiger partial charge in [-0.2, -0.15) is 0 Å². The smallest absolute Gasteiger partial charge is 0.254 e. The Balaban J connectivity index is 1.48. The van der Waals surface area contributed by atoms with Gasteiger partial charge in [-0.3, -0.25) is 9.59 Å². The minimum atomic E-state index is -0.0771. The van der Waals surface area contributed by atoms with Crippen LogP contribution in [0.1, 0.15) is 40.7 Å². The van der Waals surface area contributed by atoms with Crippen LogP contribution in [0, 0.1) is 6.92 Å². The normalized spacial score (nSPS) is 13.5. The Morgan fingerprint density at radius 2 is 2.03 bits per heavy atom. The number of fused-ring (bicyclic) bond motifs is 1. The average Bonchev–Trinajstić information content (AvgIpc) is 3.55. The Labute approximate surface area is 220 Å². The number of carbonyl (C=O) groups is 2.